The molecule has 5 heteroatoms. The fourth-order valence-corrected chi connectivity index (χ4v) is 2.87. The Morgan fingerprint density at radius 2 is 1.73 bits per heavy atom. The third-order valence-corrected chi connectivity index (χ3v) is 4.32. The number of fused-ring (bicyclic) bond motifs is 1. The van der Waals surface area contributed by atoms with Crippen LogP contribution in [0.4, 0.5) is 4.39 Å². The highest BCUT2D eigenvalue weighted by molar-refractivity contribution is 5.95. The van der Waals surface area contributed by atoms with Crippen molar-refractivity contribution in [2.24, 2.45) is 0 Å². The summed E-state index contributed by atoms with van der Waals surface area (Å²) in [5.74, 6) is -1.01. The van der Waals surface area contributed by atoms with Crippen LogP contribution < -0.4 is 5.56 Å². The number of hydrogen-bond donors (Lipinski definition) is 1. The van der Waals surface area contributed by atoms with Crippen LogP contribution in [-0.2, 0) is 6.54 Å². The number of amides is 1. The molecule has 134 valence electrons. The molecule has 1 N–H and O–H groups in total. The van der Waals surface area contributed by atoms with Crippen LogP contribution in [0.5, 0.6) is 0 Å². The Morgan fingerprint density at radius 1 is 1.08 bits per heavy atom. The summed E-state index contributed by atoms with van der Waals surface area (Å²) in [5, 5.41) is 0.884. The number of rotatable bonds is 3. The predicted octanol–water partition coefficient (Wildman–Crippen LogP) is 4.11. The van der Waals surface area contributed by atoms with Crippen molar-refractivity contribution in [1.29, 1.82) is 0 Å². The first-order valence-electron chi connectivity index (χ1n) is 8.45. The lowest BCUT2D eigenvalue weighted by atomic mass is 10.0. The molecule has 1 heterocycles. The Morgan fingerprint density at radius 3 is 2.42 bits per heavy atom. The Kier molecular flexibility index (Phi) is 4.64. The van der Waals surface area contributed by atoms with Gasteiger partial charge in [-0.2, -0.15) is 0 Å². The van der Waals surface area contributed by atoms with Gasteiger partial charge in [0.15, 0.2) is 0 Å². The molecule has 0 fully saturated rings. The number of hydrogen-bond acceptors (Lipinski definition) is 2. The fraction of sp³-hybridized carbons (Fsp3) is 0.238. The molecular weight excluding hydrogens is 331 g/mol. The summed E-state index contributed by atoms with van der Waals surface area (Å²) < 4.78 is 14.1. The smallest absolute Gasteiger partial charge is 0.257 e. The van der Waals surface area contributed by atoms with Gasteiger partial charge in [0.2, 0.25) is 0 Å². The van der Waals surface area contributed by atoms with Crippen molar-refractivity contribution in [2.75, 3.05) is 0 Å². The van der Waals surface area contributed by atoms with E-state index in [1.807, 2.05) is 45.0 Å². The summed E-state index contributed by atoms with van der Waals surface area (Å²) in [5.41, 5.74) is 0.364. The van der Waals surface area contributed by atoms with Crippen molar-refractivity contribution in [1.82, 2.24) is 9.88 Å². The Labute approximate surface area is 151 Å². The predicted molar refractivity (Wildman–Crippen MR) is 101 cm³/mol. The molecule has 0 bridgehead atoms. The van der Waals surface area contributed by atoms with Crippen LogP contribution >= 0.6 is 0 Å². The van der Waals surface area contributed by atoms with Crippen LogP contribution in [0.15, 0.2) is 59.4 Å². The number of carbonyl (C=O) groups excluding carboxylic acids is 1. The van der Waals surface area contributed by atoms with Gasteiger partial charge in [0.1, 0.15) is 5.82 Å². The van der Waals surface area contributed by atoms with Gasteiger partial charge in [0.25, 0.3) is 11.5 Å². The number of benzene rings is 2. The van der Waals surface area contributed by atoms with Crippen molar-refractivity contribution in [3.8, 4) is 0 Å². The number of pyridine rings is 1. The summed E-state index contributed by atoms with van der Waals surface area (Å²) in [6.07, 6.45) is 0. The van der Waals surface area contributed by atoms with Gasteiger partial charge < -0.3 is 9.88 Å². The lowest BCUT2D eigenvalue weighted by Gasteiger charge is -2.35. The van der Waals surface area contributed by atoms with Crippen molar-refractivity contribution in [3.05, 3.63) is 81.9 Å². The summed E-state index contributed by atoms with van der Waals surface area (Å²) in [6, 6.07) is 15.1. The SMILES string of the molecule is CC(C)(C)N(Cc1cc2ccccc2[nH]c1=O)C(=O)c1ccccc1F. The first kappa shape index (κ1) is 17.9. The van der Waals surface area contributed by atoms with Gasteiger partial charge in [-0.3, -0.25) is 9.59 Å². The summed E-state index contributed by atoms with van der Waals surface area (Å²) >= 11 is 0. The molecule has 3 rings (SSSR count). The number of aromatic amines is 1. The maximum atomic E-state index is 14.1. The quantitative estimate of drug-likeness (QED) is 0.771. The number of nitrogens with zero attached hydrogens (tertiary/aromatic N) is 1. The van der Waals surface area contributed by atoms with E-state index in [0.717, 1.165) is 10.9 Å². The van der Waals surface area contributed by atoms with Crippen LogP contribution in [-0.4, -0.2) is 21.3 Å². The number of nitrogens with one attached hydrogen (secondary N) is 1. The molecule has 26 heavy (non-hydrogen) atoms. The van der Waals surface area contributed by atoms with Gasteiger partial charge in [0.05, 0.1) is 12.1 Å². The normalized spacial score (nSPS) is 11.5. The minimum atomic E-state index is -0.586. The molecule has 1 aromatic heterocycles. The average Bonchev–Trinajstić information content (AvgIpc) is 2.58. The second-order valence-electron chi connectivity index (χ2n) is 7.25. The van der Waals surface area contributed by atoms with Crippen LogP contribution in [0, 0.1) is 5.82 Å². The van der Waals surface area contributed by atoms with E-state index in [1.165, 1.54) is 17.0 Å². The van der Waals surface area contributed by atoms with E-state index in [-0.39, 0.29) is 17.7 Å². The molecule has 0 spiro atoms. The lowest BCUT2D eigenvalue weighted by Crippen LogP contribution is -2.46. The molecule has 0 aliphatic rings. The molecular formula is C21H21FN2O2. The van der Waals surface area contributed by atoms with E-state index in [1.54, 1.807) is 18.2 Å². The fourth-order valence-electron chi connectivity index (χ4n) is 2.87. The minimum absolute atomic E-state index is 0.000331. The van der Waals surface area contributed by atoms with Crippen molar-refractivity contribution in [3.63, 3.8) is 0 Å². The van der Waals surface area contributed by atoms with E-state index in [4.69, 9.17) is 0 Å². The zero-order chi connectivity index (χ0) is 18.9. The Bertz CT molecular complexity index is 1020. The van der Waals surface area contributed by atoms with E-state index in [2.05, 4.69) is 4.98 Å². The maximum absolute atomic E-state index is 14.1. The molecule has 4 nitrogen and oxygen atoms in total. The molecule has 1 amide bonds. The van der Waals surface area contributed by atoms with Gasteiger partial charge in [-0.1, -0.05) is 30.3 Å². The zero-order valence-corrected chi connectivity index (χ0v) is 15.0. The molecule has 2 aromatic carbocycles. The second kappa shape index (κ2) is 6.75. The van der Waals surface area contributed by atoms with Gasteiger partial charge in [-0.15, -0.1) is 0 Å². The van der Waals surface area contributed by atoms with Crippen LogP contribution in [0.3, 0.4) is 0 Å². The van der Waals surface area contributed by atoms with Crippen LogP contribution in [0.25, 0.3) is 10.9 Å². The van der Waals surface area contributed by atoms with Gasteiger partial charge in [-0.25, -0.2) is 4.39 Å². The summed E-state index contributed by atoms with van der Waals surface area (Å²) in [6.45, 7) is 5.68. The number of H-pyrrole nitrogens is 1. The van der Waals surface area contributed by atoms with Crippen molar-refractivity contribution < 1.29 is 9.18 Å². The second-order valence-corrected chi connectivity index (χ2v) is 7.25. The molecule has 3 aromatic rings. The number of carbonyl (C=O) groups is 1. The van der Waals surface area contributed by atoms with Crippen LogP contribution in [0.1, 0.15) is 36.7 Å². The van der Waals surface area contributed by atoms with Crippen molar-refractivity contribution >= 4 is 16.8 Å². The highest BCUT2D eigenvalue weighted by atomic mass is 19.1. The highest BCUT2D eigenvalue weighted by Gasteiger charge is 2.29. The standard InChI is InChI=1S/C21H21FN2O2/c1-21(2,3)24(20(26)16-9-5-6-10-17(16)22)13-15-12-14-8-4-7-11-18(14)23-19(15)25/h4-12H,13H2,1-3H3,(H,23,25). The zero-order valence-electron chi connectivity index (χ0n) is 15.0. The van der Waals surface area contributed by atoms with Crippen LogP contribution in [0.2, 0.25) is 0 Å². The third kappa shape index (κ3) is 3.52. The summed E-state index contributed by atoms with van der Waals surface area (Å²) in [4.78, 5) is 29.8. The first-order chi connectivity index (χ1) is 12.3. The molecule has 0 atom stereocenters. The van der Waals surface area contributed by atoms with E-state index in [0.29, 0.717) is 5.56 Å². The van der Waals surface area contributed by atoms with Gasteiger partial charge in [-0.05, 0) is 50.4 Å². The Hall–Kier alpha value is -2.95. The molecule has 0 radical (unpaired) electrons. The third-order valence-electron chi connectivity index (χ3n) is 4.32. The van der Waals surface area contributed by atoms with Crippen molar-refractivity contribution in [2.45, 2.75) is 32.9 Å². The first-order valence-corrected chi connectivity index (χ1v) is 8.45. The average molecular weight is 352 g/mol. The molecule has 0 aliphatic heterocycles. The lowest BCUT2D eigenvalue weighted by molar-refractivity contribution is 0.0553. The topological polar surface area (TPSA) is 53.2 Å². The maximum Gasteiger partial charge on any atom is 0.257 e. The van der Waals surface area contributed by atoms with E-state index >= 15 is 0 Å². The summed E-state index contributed by atoms with van der Waals surface area (Å²) in [7, 11) is 0. The number of para-hydroxylation sites is 1. The van der Waals surface area contributed by atoms with Gasteiger partial charge >= 0.3 is 0 Å². The largest absolute Gasteiger partial charge is 0.329 e. The molecule has 0 saturated carbocycles. The monoisotopic (exact) mass is 352 g/mol. The molecule has 0 aliphatic carbocycles. The number of aromatic nitrogens is 1. The minimum Gasteiger partial charge on any atom is -0.329 e. The Balaban J connectivity index is 2.03. The molecule has 0 unspecified atom stereocenters. The van der Waals surface area contributed by atoms with E-state index in [9.17, 15) is 14.0 Å². The molecule has 0 saturated heterocycles. The van der Waals surface area contributed by atoms with E-state index < -0.39 is 17.3 Å². The number of halogens is 1. The van der Waals surface area contributed by atoms with Gasteiger partial charge in [0, 0.05) is 16.6 Å². The highest BCUT2D eigenvalue weighted by Crippen LogP contribution is 2.22.